The number of aromatic nitrogens is 1. The number of carbonyl (C=O) groups excluding carboxylic acids is 1. The average molecular weight is 659 g/mol. The van der Waals surface area contributed by atoms with Crippen LogP contribution in [0.4, 0.5) is 0 Å². The van der Waals surface area contributed by atoms with Crippen LogP contribution in [0.5, 0.6) is 23.0 Å². The van der Waals surface area contributed by atoms with E-state index in [1.54, 1.807) is 38.5 Å². The zero-order chi connectivity index (χ0) is 31.1. The summed E-state index contributed by atoms with van der Waals surface area (Å²) >= 11 is 3.43. The Bertz CT molecular complexity index is 1710. The molecule has 0 fully saturated rings. The number of methoxy groups -OCH3 is 2. The zero-order valence-corrected chi connectivity index (χ0v) is 26.4. The summed E-state index contributed by atoms with van der Waals surface area (Å²) in [4.78, 5) is 12.6. The van der Waals surface area contributed by atoms with Gasteiger partial charge in [-0.15, -0.1) is 0 Å². The van der Waals surface area contributed by atoms with Gasteiger partial charge < -0.3 is 27.9 Å². The third-order valence-corrected chi connectivity index (χ3v) is 7.32. The van der Waals surface area contributed by atoms with Gasteiger partial charge >= 0.3 is 5.91 Å². The predicted octanol–water partition coefficient (Wildman–Crippen LogP) is 7.39. The fourth-order valence-electron chi connectivity index (χ4n) is 4.57. The lowest BCUT2D eigenvalue weighted by molar-refractivity contribution is 0.0923. The number of rotatable bonds is 12. The first kappa shape index (κ1) is 30.5. The summed E-state index contributed by atoms with van der Waals surface area (Å²) in [6.45, 7) is 4.65. The quantitative estimate of drug-likeness (QED) is 0.111. The van der Waals surface area contributed by atoms with E-state index >= 15 is 0 Å². The van der Waals surface area contributed by atoms with Crippen molar-refractivity contribution in [3.63, 3.8) is 0 Å². The normalized spacial score (nSPS) is 11.0. The number of aryl methyl sites for hydroxylation is 2. The van der Waals surface area contributed by atoms with Gasteiger partial charge in [0, 0.05) is 27.1 Å². The van der Waals surface area contributed by atoms with Crippen LogP contribution < -0.4 is 24.4 Å². The number of benzene rings is 3. The maximum Gasteiger partial charge on any atom is 0.307 e. The van der Waals surface area contributed by atoms with E-state index < -0.39 is 5.91 Å². The smallest absolute Gasteiger partial charge is 0.307 e. The van der Waals surface area contributed by atoms with Gasteiger partial charge in [-0.05, 0) is 92.2 Å². The molecule has 0 aliphatic carbocycles. The van der Waals surface area contributed by atoms with Crippen LogP contribution in [0, 0.1) is 13.8 Å². The highest BCUT2D eigenvalue weighted by molar-refractivity contribution is 9.10. The molecular weight excluding hydrogens is 626 g/mol. The molecule has 0 atom stereocenters. The van der Waals surface area contributed by atoms with Crippen LogP contribution in [-0.4, -0.2) is 30.9 Å². The molecule has 0 aliphatic heterocycles. The molecule has 0 saturated carbocycles. The Morgan fingerprint density at radius 3 is 2.16 bits per heavy atom. The monoisotopic (exact) mass is 657 g/mol. The van der Waals surface area contributed by atoms with Crippen LogP contribution in [-0.2, 0) is 13.2 Å². The number of amides is 1. The summed E-state index contributed by atoms with van der Waals surface area (Å²) in [5, 5.41) is 4.07. The number of nitrogens with one attached hydrogen (secondary N) is 1. The molecule has 2 heterocycles. The minimum absolute atomic E-state index is 0.113. The molecule has 0 saturated heterocycles. The Hall–Kier alpha value is -4.96. The highest BCUT2D eigenvalue weighted by Crippen LogP contribution is 2.38. The molecular formula is C34H32BrN3O6. The van der Waals surface area contributed by atoms with E-state index in [9.17, 15) is 4.79 Å². The number of nitrogens with zero attached hydrogens (tertiary/aromatic N) is 2. The number of furan rings is 1. The van der Waals surface area contributed by atoms with Gasteiger partial charge in [0.15, 0.2) is 17.3 Å². The first-order valence-electron chi connectivity index (χ1n) is 13.8. The highest BCUT2D eigenvalue weighted by Gasteiger charge is 2.15. The van der Waals surface area contributed by atoms with Crippen molar-refractivity contribution in [2.24, 2.45) is 5.10 Å². The molecule has 3 aromatic carbocycles. The van der Waals surface area contributed by atoms with Crippen LogP contribution in [0.1, 0.15) is 38.8 Å². The summed E-state index contributed by atoms with van der Waals surface area (Å²) in [7, 11) is 3.09. The Morgan fingerprint density at radius 1 is 0.864 bits per heavy atom. The van der Waals surface area contributed by atoms with Crippen molar-refractivity contribution in [1.82, 2.24) is 9.99 Å². The van der Waals surface area contributed by atoms with Crippen molar-refractivity contribution in [2.75, 3.05) is 14.2 Å². The van der Waals surface area contributed by atoms with E-state index in [0.29, 0.717) is 40.9 Å². The summed E-state index contributed by atoms with van der Waals surface area (Å²) in [5.74, 6) is 2.21. The SMILES string of the molecule is COc1cc(/C=N/NC(=O)c2ccc(COc3ccc(-n4c(C)ccc4C)cc3)o2)cc(OC)c1OCc1ccc(Br)cc1. The number of hydrogen-bond donors (Lipinski definition) is 1. The summed E-state index contributed by atoms with van der Waals surface area (Å²) in [6, 6.07) is 26.6. The first-order chi connectivity index (χ1) is 21.3. The number of hydrogen-bond acceptors (Lipinski definition) is 7. The minimum Gasteiger partial charge on any atom is -0.493 e. The van der Waals surface area contributed by atoms with Crippen LogP contribution in [0.3, 0.4) is 0 Å². The molecule has 0 radical (unpaired) electrons. The molecule has 0 bridgehead atoms. The Morgan fingerprint density at radius 2 is 1.52 bits per heavy atom. The largest absolute Gasteiger partial charge is 0.493 e. The highest BCUT2D eigenvalue weighted by atomic mass is 79.9. The van der Waals surface area contributed by atoms with Crippen molar-refractivity contribution in [1.29, 1.82) is 0 Å². The standard InChI is InChI=1S/C34H32BrN3O6/c1-22-5-6-23(2)38(22)27-11-13-28(14-12-27)42-21-29-15-16-30(44-29)34(39)37-36-19-25-17-31(40-3)33(32(18-25)41-4)43-20-24-7-9-26(35)10-8-24/h5-19H,20-21H2,1-4H3,(H,37,39)/b36-19+. The van der Waals surface area contributed by atoms with Gasteiger partial charge in [-0.2, -0.15) is 5.10 Å². The van der Waals surface area contributed by atoms with Crippen molar-refractivity contribution in [3.05, 3.63) is 123 Å². The van der Waals surface area contributed by atoms with Gasteiger partial charge in [0.1, 0.15) is 24.7 Å². The number of carbonyl (C=O) groups is 1. The van der Waals surface area contributed by atoms with Crippen molar-refractivity contribution < 1.29 is 28.2 Å². The second-order valence-corrected chi connectivity index (χ2v) is 10.8. The number of halogens is 1. The molecule has 5 rings (SSSR count). The lowest BCUT2D eigenvalue weighted by Crippen LogP contribution is -2.16. The predicted molar refractivity (Wildman–Crippen MR) is 171 cm³/mol. The maximum atomic E-state index is 12.6. The van der Waals surface area contributed by atoms with Crippen LogP contribution in [0.2, 0.25) is 0 Å². The van der Waals surface area contributed by atoms with E-state index in [1.807, 2.05) is 48.5 Å². The molecule has 1 amide bonds. The van der Waals surface area contributed by atoms with Gasteiger partial charge in [0.25, 0.3) is 0 Å². The third kappa shape index (κ3) is 7.33. The Kier molecular flexibility index (Phi) is 9.71. The van der Waals surface area contributed by atoms with Crippen molar-refractivity contribution >= 4 is 28.1 Å². The Labute approximate surface area is 264 Å². The molecule has 0 unspecified atom stereocenters. The molecule has 0 spiro atoms. The molecule has 226 valence electrons. The first-order valence-corrected chi connectivity index (χ1v) is 14.6. The average Bonchev–Trinajstić information content (AvgIpc) is 3.65. The van der Waals surface area contributed by atoms with Gasteiger partial charge in [-0.3, -0.25) is 4.79 Å². The fraction of sp³-hybridized carbons (Fsp3) is 0.176. The van der Waals surface area contributed by atoms with E-state index in [0.717, 1.165) is 27.1 Å². The second-order valence-electron chi connectivity index (χ2n) is 9.87. The van der Waals surface area contributed by atoms with Gasteiger partial charge in [0.05, 0.1) is 20.4 Å². The lowest BCUT2D eigenvalue weighted by atomic mass is 10.2. The zero-order valence-electron chi connectivity index (χ0n) is 24.8. The van der Waals surface area contributed by atoms with Crippen LogP contribution in [0.25, 0.3) is 5.69 Å². The molecule has 2 aromatic heterocycles. The molecule has 0 aliphatic rings. The molecule has 1 N–H and O–H groups in total. The molecule has 44 heavy (non-hydrogen) atoms. The maximum absolute atomic E-state index is 12.6. The minimum atomic E-state index is -0.498. The lowest BCUT2D eigenvalue weighted by Gasteiger charge is -2.15. The van der Waals surface area contributed by atoms with Gasteiger partial charge in [0.2, 0.25) is 5.75 Å². The van der Waals surface area contributed by atoms with Crippen LogP contribution in [0.15, 0.2) is 98.9 Å². The van der Waals surface area contributed by atoms with Crippen molar-refractivity contribution in [2.45, 2.75) is 27.1 Å². The topological polar surface area (TPSA) is 96.5 Å². The van der Waals surface area contributed by atoms with Gasteiger partial charge in [-0.25, -0.2) is 5.43 Å². The second kappa shape index (κ2) is 14.0. The molecule has 5 aromatic rings. The van der Waals surface area contributed by atoms with Crippen molar-refractivity contribution in [3.8, 4) is 28.7 Å². The van der Waals surface area contributed by atoms with E-state index in [-0.39, 0.29) is 12.4 Å². The summed E-state index contributed by atoms with van der Waals surface area (Å²) < 4.78 is 31.8. The van der Waals surface area contributed by atoms with Crippen LogP contribution >= 0.6 is 15.9 Å². The summed E-state index contributed by atoms with van der Waals surface area (Å²) in [5.41, 5.74) is 7.50. The molecule has 9 nitrogen and oxygen atoms in total. The van der Waals surface area contributed by atoms with Gasteiger partial charge in [-0.1, -0.05) is 28.1 Å². The third-order valence-electron chi connectivity index (χ3n) is 6.79. The fourth-order valence-corrected chi connectivity index (χ4v) is 4.84. The molecule has 10 heteroatoms. The number of ether oxygens (including phenoxy) is 4. The summed E-state index contributed by atoms with van der Waals surface area (Å²) in [6.07, 6.45) is 1.48. The van der Waals surface area contributed by atoms with E-state index in [1.165, 1.54) is 6.21 Å². The van der Waals surface area contributed by atoms with E-state index in [4.69, 9.17) is 23.4 Å². The number of hydrazone groups is 1. The van der Waals surface area contributed by atoms with E-state index in [2.05, 4.69) is 57.0 Å². The Balaban J connectivity index is 1.16.